The van der Waals surface area contributed by atoms with E-state index in [1.807, 2.05) is 24.0 Å². The molecule has 1 aliphatic heterocycles. The first-order valence-corrected chi connectivity index (χ1v) is 7.96. The van der Waals surface area contributed by atoms with Crippen LogP contribution in [0.3, 0.4) is 0 Å². The van der Waals surface area contributed by atoms with E-state index in [1.54, 1.807) is 7.11 Å². The zero-order valence-corrected chi connectivity index (χ0v) is 13.5. The smallest absolute Gasteiger partial charge is 0.317 e. The molecule has 2 amide bonds. The number of ether oxygens (including phenoxy) is 2. The van der Waals surface area contributed by atoms with Crippen LogP contribution in [0.25, 0.3) is 0 Å². The van der Waals surface area contributed by atoms with Crippen LogP contribution in [0.15, 0.2) is 24.3 Å². The fraction of sp³-hybridized carbons (Fsp3) is 0.588. The lowest BCUT2D eigenvalue weighted by Crippen LogP contribution is -2.51. The number of methoxy groups -OCH3 is 1. The largest absolute Gasteiger partial charge is 0.497 e. The highest BCUT2D eigenvalue weighted by Gasteiger charge is 2.22. The Labute approximate surface area is 132 Å². The van der Waals surface area contributed by atoms with E-state index in [0.717, 1.165) is 31.6 Å². The molecule has 5 nitrogen and oxygen atoms in total. The van der Waals surface area contributed by atoms with Crippen LogP contribution < -0.4 is 10.1 Å². The number of carbonyl (C=O) groups excluding carboxylic acids is 1. The summed E-state index contributed by atoms with van der Waals surface area (Å²) in [7, 11) is 1.67. The lowest BCUT2D eigenvalue weighted by Gasteiger charge is -2.33. The topological polar surface area (TPSA) is 50.8 Å². The fourth-order valence-corrected chi connectivity index (χ4v) is 2.57. The average Bonchev–Trinajstić information content (AvgIpc) is 2.55. The van der Waals surface area contributed by atoms with E-state index in [4.69, 9.17) is 9.47 Å². The maximum Gasteiger partial charge on any atom is 0.317 e. The van der Waals surface area contributed by atoms with Gasteiger partial charge in [-0.25, -0.2) is 4.79 Å². The molecule has 0 bridgehead atoms. The molecule has 122 valence electrons. The number of hydrogen-bond acceptors (Lipinski definition) is 3. The Morgan fingerprint density at radius 2 is 2.14 bits per heavy atom. The number of rotatable bonds is 6. The highest BCUT2D eigenvalue weighted by atomic mass is 16.5. The number of benzene rings is 1. The molecule has 0 aromatic heterocycles. The lowest BCUT2D eigenvalue weighted by atomic mass is 10.1. The van der Waals surface area contributed by atoms with E-state index in [0.29, 0.717) is 19.8 Å². The summed E-state index contributed by atoms with van der Waals surface area (Å²) in [6.45, 7) is 4.68. The molecule has 1 unspecified atom stereocenters. The minimum Gasteiger partial charge on any atom is -0.497 e. The predicted octanol–water partition coefficient (Wildman–Crippen LogP) is 2.45. The molecule has 22 heavy (non-hydrogen) atoms. The van der Waals surface area contributed by atoms with Crippen LogP contribution in [0.1, 0.15) is 25.3 Å². The zero-order valence-electron chi connectivity index (χ0n) is 13.5. The molecule has 0 saturated carbocycles. The van der Waals surface area contributed by atoms with Gasteiger partial charge < -0.3 is 19.7 Å². The molecule has 0 spiro atoms. The summed E-state index contributed by atoms with van der Waals surface area (Å²) in [5.74, 6) is 0.885. The summed E-state index contributed by atoms with van der Waals surface area (Å²) in [6.07, 6.45) is 3.07. The third-order valence-electron chi connectivity index (χ3n) is 3.96. The Bertz CT molecular complexity index is 461. The highest BCUT2D eigenvalue weighted by molar-refractivity contribution is 5.74. The van der Waals surface area contributed by atoms with Crippen LogP contribution in [0, 0.1) is 0 Å². The second-order valence-electron chi connectivity index (χ2n) is 5.65. The van der Waals surface area contributed by atoms with Crippen molar-refractivity contribution in [2.75, 3.05) is 33.4 Å². The molecule has 1 aromatic rings. The number of carbonyl (C=O) groups is 1. The van der Waals surface area contributed by atoms with Gasteiger partial charge in [-0.2, -0.15) is 0 Å². The summed E-state index contributed by atoms with van der Waals surface area (Å²) in [6, 6.07) is 8.33. The predicted molar refractivity (Wildman–Crippen MR) is 86.3 cm³/mol. The first-order chi connectivity index (χ1) is 10.7. The maximum atomic E-state index is 12.1. The molecule has 2 rings (SSSR count). The van der Waals surface area contributed by atoms with E-state index < -0.39 is 0 Å². The van der Waals surface area contributed by atoms with Gasteiger partial charge >= 0.3 is 6.03 Å². The molecule has 1 fully saturated rings. The number of unbranched alkanes of at least 4 members (excludes halogenated alkanes) is 1. The Hall–Kier alpha value is -1.75. The van der Waals surface area contributed by atoms with Crippen molar-refractivity contribution in [2.45, 2.75) is 32.2 Å². The van der Waals surface area contributed by atoms with E-state index in [2.05, 4.69) is 17.4 Å². The molecule has 1 heterocycles. The second kappa shape index (κ2) is 8.63. The summed E-state index contributed by atoms with van der Waals surface area (Å²) in [4.78, 5) is 13.9. The summed E-state index contributed by atoms with van der Waals surface area (Å²) >= 11 is 0. The van der Waals surface area contributed by atoms with Crippen molar-refractivity contribution in [3.8, 4) is 5.75 Å². The monoisotopic (exact) mass is 306 g/mol. The molecule has 0 aliphatic carbocycles. The minimum atomic E-state index is 0.0280. The molecule has 1 atom stereocenters. The van der Waals surface area contributed by atoms with Gasteiger partial charge in [0.2, 0.25) is 0 Å². The second-order valence-corrected chi connectivity index (χ2v) is 5.65. The molecular formula is C17H26N2O3. The quantitative estimate of drug-likeness (QED) is 0.821. The first-order valence-electron chi connectivity index (χ1n) is 7.96. The zero-order chi connectivity index (χ0) is 15.8. The Kier molecular flexibility index (Phi) is 6.52. The molecule has 5 heteroatoms. The number of morpholine rings is 1. The Morgan fingerprint density at radius 1 is 1.36 bits per heavy atom. The highest BCUT2D eigenvalue weighted by Crippen LogP contribution is 2.13. The summed E-state index contributed by atoms with van der Waals surface area (Å²) in [5, 5.41) is 3.00. The van der Waals surface area contributed by atoms with Crippen LogP contribution in [0.2, 0.25) is 0 Å². The standard InChI is InChI=1S/C17H26N2O3/c1-14-13-22-12-11-19(14)17(20)18-10-4-3-5-15-6-8-16(21-2)9-7-15/h6-9,14H,3-5,10-13H2,1-2H3,(H,18,20). The minimum absolute atomic E-state index is 0.0280. The first kappa shape index (κ1) is 16.6. The molecule has 1 aliphatic rings. The number of nitrogens with one attached hydrogen (secondary N) is 1. The average molecular weight is 306 g/mol. The van der Waals surface area contributed by atoms with E-state index in [-0.39, 0.29) is 12.1 Å². The van der Waals surface area contributed by atoms with Crippen LogP contribution in [-0.4, -0.2) is 50.4 Å². The van der Waals surface area contributed by atoms with Crippen LogP contribution >= 0.6 is 0 Å². The van der Waals surface area contributed by atoms with Crippen molar-refractivity contribution in [3.63, 3.8) is 0 Å². The SMILES string of the molecule is COc1ccc(CCCCNC(=O)N2CCOCC2C)cc1. The molecule has 1 saturated heterocycles. The number of hydrogen-bond donors (Lipinski definition) is 1. The normalized spacial score (nSPS) is 18.1. The van der Waals surface area contributed by atoms with Gasteiger partial charge in [-0.15, -0.1) is 0 Å². The van der Waals surface area contributed by atoms with Gasteiger partial charge in [-0.05, 0) is 43.9 Å². The fourth-order valence-electron chi connectivity index (χ4n) is 2.57. The molecular weight excluding hydrogens is 280 g/mol. The van der Waals surface area contributed by atoms with Gasteiger partial charge in [0, 0.05) is 13.1 Å². The third kappa shape index (κ3) is 4.91. The molecule has 0 radical (unpaired) electrons. The van der Waals surface area contributed by atoms with Crippen LogP contribution in [0.4, 0.5) is 4.79 Å². The van der Waals surface area contributed by atoms with Crippen molar-refractivity contribution in [1.29, 1.82) is 0 Å². The van der Waals surface area contributed by atoms with Crippen LogP contribution in [0.5, 0.6) is 5.75 Å². The van der Waals surface area contributed by atoms with Gasteiger partial charge in [0.25, 0.3) is 0 Å². The third-order valence-corrected chi connectivity index (χ3v) is 3.96. The molecule has 1 N–H and O–H groups in total. The van der Waals surface area contributed by atoms with Crippen LogP contribution in [-0.2, 0) is 11.2 Å². The Balaban J connectivity index is 1.61. The number of urea groups is 1. The lowest BCUT2D eigenvalue weighted by molar-refractivity contribution is 0.0191. The van der Waals surface area contributed by atoms with Crippen molar-refractivity contribution in [2.24, 2.45) is 0 Å². The van der Waals surface area contributed by atoms with E-state index in [9.17, 15) is 4.79 Å². The van der Waals surface area contributed by atoms with Crippen molar-refractivity contribution in [3.05, 3.63) is 29.8 Å². The van der Waals surface area contributed by atoms with Gasteiger partial charge in [0.15, 0.2) is 0 Å². The maximum absolute atomic E-state index is 12.1. The van der Waals surface area contributed by atoms with E-state index >= 15 is 0 Å². The Morgan fingerprint density at radius 3 is 2.82 bits per heavy atom. The van der Waals surface area contributed by atoms with E-state index in [1.165, 1.54) is 5.56 Å². The summed E-state index contributed by atoms with van der Waals surface area (Å²) in [5.41, 5.74) is 1.30. The summed E-state index contributed by atoms with van der Waals surface area (Å²) < 4.78 is 10.5. The van der Waals surface area contributed by atoms with Gasteiger partial charge in [-0.3, -0.25) is 0 Å². The van der Waals surface area contributed by atoms with Crippen molar-refractivity contribution >= 4 is 6.03 Å². The molecule has 1 aromatic carbocycles. The van der Waals surface area contributed by atoms with Crippen molar-refractivity contribution < 1.29 is 14.3 Å². The number of aryl methyl sites for hydroxylation is 1. The van der Waals surface area contributed by atoms with Gasteiger partial charge in [0.05, 0.1) is 26.4 Å². The number of nitrogens with zero attached hydrogens (tertiary/aromatic N) is 1. The van der Waals surface area contributed by atoms with Gasteiger partial charge in [0.1, 0.15) is 5.75 Å². The van der Waals surface area contributed by atoms with Crippen molar-refractivity contribution in [1.82, 2.24) is 10.2 Å². The number of amides is 2. The van der Waals surface area contributed by atoms with Gasteiger partial charge in [-0.1, -0.05) is 12.1 Å².